The first kappa shape index (κ1) is 9.18. The molecule has 1 aliphatic heterocycles. The minimum absolute atomic E-state index is 0.568. The normalized spacial score (nSPS) is 12.9. The first-order chi connectivity index (χ1) is 7.24. The van der Waals surface area contributed by atoms with E-state index < -0.39 is 0 Å². The molecule has 0 unspecified atom stereocenters. The van der Waals surface area contributed by atoms with E-state index in [-0.39, 0.29) is 0 Å². The summed E-state index contributed by atoms with van der Waals surface area (Å²) in [7, 11) is 0. The summed E-state index contributed by atoms with van der Waals surface area (Å²) in [6, 6.07) is 5.91. The lowest BCUT2D eigenvalue weighted by atomic mass is 10.1. The third kappa shape index (κ3) is 1.42. The number of fused-ring (bicyclic) bond motifs is 3. The smallest absolute Gasteiger partial charge is 0.180 e. The SMILES string of the molecule is Nc1nc2c(s1)COc1ccc(Br)cc1-2. The molecule has 1 aromatic carbocycles. The number of hydrogen-bond acceptors (Lipinski definition) is 4. The minimum atomic E-state index is 0.568. The third-order valence-electron chi connectivity index (χ3n) is 2.27. The molecule has 1 aliphatic rings. The fourth-order valence-corrected chi connectivity index (χ4v) is 2.76. The van der Waals surface area contributed by atoms with Gasteiger partial charge in [0.15, 0.2) is 5.13 Å². The number of rotatable bonds is 0. The van der Waals surface area contributed by atoms with E-state index >= 15 is 0 Å². The van der Waals surface area contributed by atoms with Crippen molar-refractivity contribution < 1.29 is 4.74 Å². The lowest BCUT2D eigenvalue weighted by molar-refractivity contribution is 0.305. The molecule has 2 aromatic rings. The van der Waals surface area contributed by atoms with Gasteiger partial charge >= 0.3 is 0 Å². The van der Waals surface area contributed by atoms with E-state index in [1.807, 2.05) is 18.2 Å². The molecule has 0 amide bonds. The van der Waals surface area contributed by atoms with Gasteiger partial charge in [0.05, 0.1) is 10.6 Å². The van der Waals surface area contributed by atoms with Crippen LogP contribution in [0.15, 0.2) is 22.7 Å². The highest BCUT2D eigenvalue weighted by Crippen LogP contribution is 2.41. The number of anilines is 1. The zero-order chi connectivity index (χ0) is 10.4. The van der Waals surface area contributed by atoms with Crippen LogP contribution in [-0.4, -0.2) is 4.98 Å². The molecule has 0 aliphatic carbocycles. The van der Waals surface area contributed by atoms with Crippen molar-refractivity contribution in [3.63, 3.8) is 0 Å². The van der Waals surface area contributed by atoms with Gasteiger partial charge in [-0.25, -0.2) is 4.98 Å². The van der Waals surface area contributed by atoms with Crippen LogP contribution in [0.2, 0.25) is 0 Å². The molecular formula is C10H7BrN2OS. The summed E-state index contributed by atoms with van der Waals surface area (Å²) >= 11 is 4.92. The van der Waals surface area contributed by atoms with Crippen molar-refractivity contribution in [2.24, 2.45) is 0 Å². The molecular weight excluding hydrogens is 276 g/mol. The number of nitrogens with two attached hydrogens (primary N) is 1. The molecule has 3 rings (SSSR count). The maximum Gasteiger partial charge on any atom is 0.180 e. The number of nitrogens with zero attached hydrogens (tertiary/aromatic N) is 1. The Morgan fingerprint density at radius 3 is 3.20 bits per heavy atom. The van der Waals surface area contributed by atoms with E-state index in [0.29, 0.717) is 11.7 Å². The zero-order valence-corrected chi connectivity index (χ0v) is 10.1. The number of nitrogen functional groups attached to an aromatic ring is 1. The van der Waals surface area contributed by atoms with Gasteiger partial charge in [0.1, 0.15) is 12.4 Å². The van der Waals surface area contributed by atoms with E-state index in [2.05, 4.69) is 20.9 Å². The number of aromatic nitrogens is 1. The van der Waals surface area contributed by atoms with Crippen LogP contribution in [0.3, 0.4) is 0 Å². The summed E-state index contributed by atoms with van der Waals surface area (Å²) in [5.41, 5.74) is 7.66. The lowest BCUT2D eigenvalue weighted by Gasteiger charge is -2.16. The standard InChI is InChI=1S/C10H7BrN2OS/c11-5-1-2-7-6(3-5)9-8(4-14-7)15-10(12)13-9/h1-3H,4H2,(H2,12,13). The summed E-state index contributed by atoms with van der Waals surface area (Å²) in [5, 5.41) is 0.594. The van der Waals surface area contributed by atoms with Crippen molar-refractivity contribution in [2.45, 2.75) is 6.61 Å². The van der Waals surface area contributed by atoms with Crippen LogP contribution < -0.4 is 10.5 Å². The number of benzene rings is 1. The molecule has 0 radical (unpaired) electrons. The van der Waals surface area contributed by atoms with Crippen molar-refractivity contribution in [3.8, 4) is 17.0 Å². The molecule has 2 heterocycles. The van der Waals surface area contributed by atoms with Crippen LogP contribution in [0.25, 0.3) is 11.3 Å². The first-order valence-corrected chi connectivity index (χ1v) is 6.03. The monoisotopic (exact) mass is 282 g/mol. The number of hydrogen-bond donors (Lipinski definition) is 1. The Kier molecular flexibility index (Phi) is 1.97. The van der Waals surface area contributed by atoms with E-state index in [1.54, 1.807) is 0 Å². The highest BCUT2D eigenvalue weighted by molar-refractivity contribution is 9.10. The van der Waals surface area contributed by atoms with Gasteiger partial charge in [0.25, 0.3) is 0 Å². The average molecular weight is 283 g/mol. The fraction of sp³-hybridized carbons (Fsp3) is 0.100. The number of thiazole rings is 1. The second kappa shape index (κ2) is 3.21. The van der Waals surface area contributed by atoms with Crippen LogP contribution in [0.4, 0.5) is 5.13 Å². The second-order valence-electron chi connectivity index (χ2n) is 3.25. The molecule has 3 nitrogen and oxygen atoms in total. The van der Waals surface area contributed by atoms with Crippen LogP contribution >= 0.6 is 27.3 Å². The van der Waals surface area contributed by atoms with Gasteiger partial charge in [-0.05, 0) is 18.2 Å². The Morgan fingerprint density at radius 1 is 1.47 bits per heavy atom. The molecule has 1 aromatic heterocycles. The maximum absolute atomic E-state index is 5.69. The summed E-state index contributed by atoms with van der Waals surface area (Å²) in [4.78, 5) is 5.42. The summed E-state index contributed by atoms with van der Waals surface area (Å²) in [6.07, 6.45) is 0. The van der Waals surface area contributed by atoms with Crippen LogP contribution in [0.1, 0.15) is 4.88 Å². The van der Waals surface area contributed by atoms with E-state index in [1.165, 1.54) is 11.3 Å². The Hall–Kier alpha value is -1.07. The lowest BCUT2D eigenvalue weighted by Crippen LogP contribution is -2.02. The Bertz CT molecular complexity index is 538. The van der Waals surface area contributed by atoms with Gasteiger partial charge in [-0.15, -0.1) is 0 Å². The van der Waals surface area contributed by atoms with Gasteiger partial charge in [-0.2, -0.15) is 0 Å². The highest BCUT2D eigenvalue weighted by Gasteiger charge is 2.21. The first-order valence-electron chi connectivity index (χ1n) is 4.42. The van der Waals surface area contributed by atoms with Crippen molar-refractivity contribution in [1.29, 1.82) is 0 Å². The predicted octanol–water partition coefficient (Wildman–Crippen LogP) is 3.05. The Balaban J connectivity index is 2.27. The van der Waals surface area contributed by atoms with Crippen LogP contribution in [0, 0.1) is 0 Å². The topological polar surface area (TPSA) is 48.1 Å². The van der Waals surface area contributed by atoms with E-state index in [0.717, 1.165) is 26.4 Å². The van der Waals surface area contributed by atoms with Crippen LogP contribution in [-0.2, 0) is 6.61 Å². The van der Waals surface area contributed by atoms with Gasteiger partial charge in [-0.3, -0.25) is 0 Å². The van der Waals surface area contributed by atoms with Gasteiger partial charge < -0.3 is 10.5 Å². The third-order valence-corrected chi connectivity index (χ3v) is 3.62. The molecule has 0 saturated carbocycles. The molecule has 0 atom stereocenters. The van der Waals surface area contributed by atoms with Gasteiger partial charge in [0.2, 0.25) is 0 Å². The van der Waals surface area contributed by atoms with Crippen molar-refractivity contribution in [3.05, 3.63) is 27.5 Å². The molecule has 0 spiro atoms. The quantitative estimate of drug-likeness (QED) is 0.808. The number of ether oxygens (including phenoxy) is 1. The van der Waals surface area contributed by atoms with E-state index in [9.17, 15) is 0 Å². The number of halogens is 1. The van der Waals surface area contributed by atoms with Crippen molar-refractivity contribution in [2.75, 3.05) is 5.73 Å². The Labute approximate surface area is 99.0 Å². The largest absolute Gasteiger partial charge is 0.487 e. The maximum atomic E-state index is 5.69. The average Bonchev–Trinajstić information content (AvgIpc) is 2.58. The van der Waals surface area contributed by atoms with Crippen molar-refractivity contribution >= 4 is 32.4 Å². The molecule has 2 N–H and O–H groups in total. The molecule has 0 saturated heterocycles. The van der Waals surface area contributed by atoms with E-state index in [4.69, 9.17) is 10.5 Å². The zero-order valence-electron chi connectivity index (χ0n) is 7.66. The Morgan fingerprint density at radius 2 is 2.33 bits per heavy atom. The second-order valence-corrected chi connectivity index (χ2v) is 5.28. The minimum Gasteiger partial charge on any atom is -0.487 e. The fourth-order valence-electron chi connectivity index (χ4n) is 1.63. The molecule has 0 bridgehead atoms. The van der Waals surface area contributed by atoms with Gasteiger partial charge in [-0.1, -0.05) is 27.3 Å². The van der Waals surface area contributed by atoms with Crippen molar-refractivity contribution in [1.82, 2.24) is 4.98 Å². The van der Waals surface area contributed by atoms with Gasteiger partial charge in [0, 0.05) is 10.0 Å². The summed E-state index contributed by atoms with van der Waals surface area (Å²) in [5.74, 6) is 0.871. The molecule has 0 fully saturated rings. The predicted molar refractivity (Wildman–Crippen MR) is 64.0 cm³/mol. The summed E-state index contributed by atoms with van der Waals surface area (Å²) in [6.45, 7) is 0.568. The summed E-state index contributed by atoms with van der Waals surface area (Å²) < 4.78 is 6.63. The van der Waals surface area contributed by atoms with Crippen LogP contribution in [0.5, 0.6) is 5.75 Å². The molecule has 5 heteroatoms. The molecule has 15 heavy (non-hydrogen) atoms. The highest BCUT2D eigenvalue weighted by atomic mass is 79.9. The molecule has 76 valence electrons.